The topological polar surface area (TPSA) is 62.0 Å². The van der Waals surface area contributed by atoms with Gasteiger partial charge >= 0.3 is 0 Å². The molecule has 0 aliphatic heterocycles. The molecular formula is C16H17ClN2O2. The van der Waals surface area contributed by atoms with E-state index in [2.05, 4.69) is 10.3 Å². The van der Waals surface area contributed by atoms with Crippen LogP contribution >= 0.6 is 11.6 Å². The number of aromatic amines is 1. The van der Waals surface area contributed by atoms with E-state index in [1.165, 1.54) is 23.9 Å². The van der Waals surface area contributed by atoms with Crippen molar-refractivity contribution >= 4 is 17.5 Å². The number of pyridine rings is 1. The number of unbranched alkanes of at least 4 members (excludes halogenated alkanes) is 1. The fraction of sp³-hybridized carbons (Fsp3) is 0.250. The Morgan fingerprint density at radius 2 is 2.05 bits per heavy atom. The lowest BCUT2D eigenvalue weighted by molar-refractivity contribution is 0.0952. The van der Waals surface area contributed by atoms with Crippen LogP contribution in [0.15, 0.2) is 47.4 Å². The van der Waals surface area contributed by atoms with Gasteiger partial charge in [0.2, 0.25) is 5.56 Å². The van der Waals surface area contributed by atoms with E-state index < -0.39 is 0 Å². The van der Waals surface area contributed by atoms with E-state index in [1.54, 1.807) is 0 Å². The second-order valence-electron chi connectivity index (χ2n) is 4.78. The predicted octanol–water partition coefficient (Wildman–Crippen LogP) is 2.78. The molecule has 0 radical (unpaired) electrons. The molecule has 21 heavy (non-hydrogen) atoms. The minimum absolute atomic E-state index is 0.172. The Balaban J connectivity index is 1.69. The smallest absolute Gasteiger partial charge is 0.252 e. The fourth-order valence-electron chi connectivity index (χ4n) is 2.00. The number of aromatic nitrogens is 1. The third kappa shape index (κ3) is 5.08. The number of carbonyl (C=O) groups is 1. The second kappa shape index (κ2) is 7.64. The summed E-state index contributed by atoms with van der Waals surface area (Å²) < 4.78 is 0. The van der Waals surface area contributed by atoms with Crippen molar-refractivity contribution in [2.45, 2.75) is 19.3 Å². The quantitative estimate of drug-likeness (QED) is 0.806. The molecule has 2 N–H and O–H groups in total. The fourth-order valence-corrected chi connectivity index (χ4v) is 2.22. The van der Waals surface area contributed by atoms with Gasteiger partial charge in [0.1, 0.15) is 0 Å². The third-order valence-electron chi connectivity index (χ3n) is 3.11. The van der Waals surface area contributed by atoms with E-state index in [-0.39, 0.29) is 11.5 Å². The molecular weight excluding hydrogens is 288 g/mol. The van der Waals surface area contributed by atoms with Gasteiger partial charge in [-0.1, -0.05) is 23.7 Å². The number of nitrogens with one attached hydrogen (secondary N) is 2. The second-order valence-corrected chi connectivity index (χ2v) is 5.22. The van der Waals surface area contributed by atoms with Crippen LogP contribution in [0.25, 0.3) is 0 Å². The lowest BCUT2D eigenvalue weighted by Gasteiger charge is -2.05. The molecule has 0 saturated heterocycles. The van der Waals surface area contributed by atoms with Gasteiger partial charge in [-0.25, -0.2) is 0 Å². The SMILES string of the molecule is O=C(NCCCCc1cccc(Cl)c1)c1ccc(=O)[nH]c1. The standard InChI is InChI=1S/C16H17ClN2O2/c17-14-6-3-5-12(10-14)4-1-2-9-18-16(21)13-7-8-15(20)19-11-13/h3,5-8,10-11H,1-2,4,9H2,(H,18,21)(H,19,20). The van der Waals surface area contributed by atoms with E-state index in [0.717, 1.165) is 24.3 Å². The number of carbonyl (C=O) groups excluding carboxylic acids is 1. The van der Waals surface area contributed by atoms with Crippen molar-refractivity contribution in [1.29, 1.82) is 0 Å². The summed E-state index contributed by atoms with van der Waals surface area (Å²) in [6, 6.07) is 10.7. The van der Waals surface area contributed by atoms with Gasteiger partial charge in [-0.05, 0) is 43.0 Å². The van der Waals surface area contributed by atoms with Crippen molar-refractivity contribution in [3.8, 4) is 0 Å². The van der Waals surface area contributed by atoms with Crippen LogP contribution in [-0.2, 0) is 6.42 Å². The number of amides is 1. The van der Waals surface area contributed by atoms with Gasteiger partial charge < -0.3 is 10.3 Å². The van der Waals surface area contributed by atoms with Gasteiger partial charge in [0.15, 0.2) is 0 Å². The molecule has 1 aromatic carbocycles. The lowest BCUT2D eigenvalue weighted by Crippen LogP contribution is -2.25. The first-order chi connectivity index (χ1) is 10.1. The van der Waals surface area contributed by atoms with Crippen LogP contribution in [0, 0.1) is 0 Å². The van der Waals surface area contributed by atoms with Gasteiger partial charge in [-0.15, -0.1) is 0 Å². The van der Waals surface area contributed by atoms with E-state index in [1.807, 2.05) is 24.3 Å². The Labute approximate surface area is 128 Å². The zero-order valence-corrected chi connectivity index (χ0v) is 12.3. The minimum atomic E-state index is -0.215. The highest BCUT2D eigenvalue weighted by Crippen LogP contribution is 2.12. The molecule has 0 bridgehead atoms. The number of halogens is 1. The van der Waals surface area contributed by atoms with Crippen LogP contribution in [0.5, 0.6) is 0 Å². The van der Waals surface area contributed by atoms with Crippen LogP contribution in [-0.4, -0.2) is 17.4 Å². The van der Waals surface area contributed by atoms with Crippen LogP contribution < -0.4 is 10.9 Å². The average molecular weight is 305 g/mol. The first-order valence-electron chi connectivity index (χ1n) is 6.86. The molecule has 0 unspecified atom stereocenters. The first kappa shape index (κ1) is 15.3. The molecule has 0 aliphatic rings. The van der Waals surface area contributed by atoms with E-state index in [4.69, 9.17) is 11.6 Å². The molecule has 4 nitrogen and oxygen atoms in total. The van der Waals surface area contributed by atoms with Crippen LogP contribution in [0.2, 0.25) is 5.02 Å². The van der Waals surface area contributed by atoms with Crippen molar-refractivity contribution in [3.05, 3.63) is 69.1 Å². The van der Waals surface area contributed by atoms with Gasteiger partial charge in [-0.3, -0.25) is 9.59 Å². The molecule has 1 aromatic heterocycles. The Morgan fingerprint density at radius 1 is 1.19 bits per heavy atom. The number of hydrogen-bond acceptors (Lipinski definition) is 2. The van der Waals surface area contributed by atoms with Crippen LogP contribution in [0.1, 0.15) is 28.8 Å². The summed E-state index contributed by atoms with van der Waals surface area (Å²) in [6.07, 6.45) is 4.23. The van der Waals surface area contributed by atoms with E-state index >= 15 is 0 Å². The number of H-pyrrole nitrogens is 1. The highest BCUT2D eigenvalue weighted by atomic mass is 35.5. The lowest BCUT2D eigenvalue weighted by atomic mass is 10.1. The number of rotatable bonds is 6. The Kier molecular flexibility index (Phi) is 5.58. The van der Waals surface area contributed by atoms with Crippen molar-refractivity contribution in [1.82, 2.24) is 10.3 Å². The number of benzene rings is 1. The maximum Gasteiger partial charge on any atom is 0.252 e. The van der Waals surface area contributed by atoms with Crippen molar-refractivity contribution < 1.29 is 4.79 Å². The summed E-state index contributed by atoms with van der Waals surface area (Å²) in [5.41, 5.74) is 1.45. The minimum Gasteiger partial charge on any atom is -0.352 e. The summed E-state index contributed by atoms with van der Waals surface area (Å²) in [4.78, 5) is 25.2. The van der Waals surface area contributed by atoms with Gasteiger partial charge in [0.25, 0.3) is 5.91 Å². The summed E-state index contributed by atoms with van der Waals surface area (Å²) in [5.74, 6) is -0.172. The Bertz CT molecular complexity index is 647. The molecule has 0 aliphatic carbocycles. The molecule has 0 fully saturated rings. The van der Waals surface area contributed by atoms with E-state index in [9.17, 15) is 9.59 Å². The summed E-state index contributed by atoms with van der Waals surface area (Å²) in [7, 11) is 0. The summed E-state index contributed by atoms with van der Waals surface area (Å²) in [6.45, 7) is 0.610. The van der Waals surface area contributed by atoms with Crippen molar-refractivity contribution in [2.24, 2.45) is 0 Å². The van der Waals surface area contributed by atoms with Crippen LogP contribution in [0.4, 0.5) is 0 Å². The molecule has 0 saturated carbocycles. The molecule has 2 aromatic rings. The van der Waals surface area contributed by atoms with E-state index in [0.29, 0.717) is 12.1 Å². The maximum absolute atomic E-state index is 11.8. The molecule has 0 atom stereocenters. The summed E-state index contributed by atoms with van der Waals surface area (Å²) >= 11 is 5.92. The molecule has 110 valence electrons. The highest BCUT2D eigenvalue weighted by Gasteiger charge is 2.04. The summed E-state index contributed by atoms with van der Waals surface area (Å²) in [5, 5.41) is 3.58. The molecule has 5 heteroatoms. The normalized spacial score (nSPS) is 10.3. The monoisotopic (exact) mass is 304 g/mol. The zero-order chi connectivity index (χ0) is 15.1. The van der Waals surface area contributed by atoms with Crippen molar-refractivity contribution in [3.63, 3.8) is 0 Å². The molecule has 2 rings (SSSR count). The van der Waals surface area contributed by atoms with Gasteiger partial charge in [0, 0.05) is 23.8 Å². The van der Waals surface area contributed by atoms with Gasteiger partial charge in [0.05, 0.1) is 5.56 Å². The van der Waals surface area contributed by atoms with Crippen molar-refractivity contribution in [2.75, 3.05) is 6.54 Å². The third-order valence-corrected chi connectivity index (χ3v) is 3.35. The Hall–Kier alpha value is -2.07. The average Bonchev–Trinajstić information content (AvgIpc) is 2.47. The highest BCUT2D eigenvalue weighted by molar-refractivity contribution is 6.30. The number of aryl methyl sites for hydroxylation is 1. The largest absolute Gasteiger partial charge is 0.352 e. The number of hydrogen-bond donors (Lipinski definition) is 2. The molecule has 1 heterocycles. The van der Waals surface area contributed by atoms with Crippen LogP contribution in [0.3, 0.4) is 0 Å². The first-order valence-corrected chi connectivity index (χ1v) is 7.24. The zero-order valence-electron chi connectivity index (χ0n) is 11.6. The molecule has 0 spiro atoms. The predicted molar refractivity (Wildman–Crippen MR) is 83.8 cm³/mol. The van der Waals surface area contributed by atoms with Gasteiger partial charge in [-0.2, -0.15) is 0 Å². The Morgan fingerprint density at radius 3 is 2.76 bits per heavy atom. The molecule has 1 amide bonds. The maximum atomic E-state index is 11.8.